The van der Waals surface area contributed by atoms with Gasteiger partial charge < -0.3 is 24.3 Å². The Kier molecular flexibility index (Phi) is 5.94. The molecule has 2 N–H and O–H groups in total. The predicted octanol–water partition coefficient (Wildman–Crippen LogP) is 1.62. The maximum atomic E-state index is 12.7. The Morgan fingerprint density at radius 3 is 2.08 bits per heavy atom. The fourth-order valence-corrected chi connectivity index (χ4v) is 3.19. The van der Waals surface area contributed by atoms with Gasteiger partial charge in [0.1, 0.15) is 16.9 Å². The van der Waals surface area contributed by atoms with Crippen molar-refractivity contribution in [1.29, 1.82) is 0 Å². The summed E-state index contributed by atoms with van der Waals surface area (Å²) in [6.07, 6.45) is 2.09. The van der Waals surface area contributed by atoms with Gasteiger partial charge in [0.25, 0.3) is 0 Å². The number of rotatable bonds is 6. The summed E-state index contributed by atoms with van der Waals surface area (Å²) in [6.45, 7) is 6.11. The van der Waals surface area contributed by atoms with Crippen LogP contribution in [0.5, 0.6) is 17.2 Å². The third kappa shape index (κ3) is 3.93. The van der Waals surface area contributed by atoms with Crippen molar-refractivity contribution in [2.45, 2.75) is 32.3 Å². The number of piperidine rings is 1. The molecule has 24 heavy (non-hydrogen) atoms. The van der Waals surface area contributed by atoms with Gasteiger partial charge in [-0.15, -0.1) is 0 Å². The van der Waals surface area contributed by atoms with E-state index in [0.29, 0.717) is 28.7 Å². The molecule has 0 bridgehead atoms. The van der Waals surface area contributed by atoms with Crippen molar-refractivity contribution in [2.75, 3.05) is 34.4 Å². The lowest BCUT2D eigenvalue weighted by molar-refractivity contribution is -0.665. The van der Waals surface area contributed by atoms with Crippen molar-refractivity contribution in [3.63, 3.8) is 0 Å². The molecule has 0 radical (unpaired) electrons. The van der Waals surface area contributed by atoms with E-state index in [-0.39, 0.29) is 0 Å². The molecule has 0 atom stereocenters. The van der Waals surface area contributed by atoms with Crippen LogP contribution in [0.15, 0.2) is 12.1 Å². The first-order chi connectivity index (χ1) is 11.4. The van der Waals surface area contributed by atoms with E-state index in [2.05, 4.69) is 5.32 Å². The Labute approximate surface area is 143 Å². The molecule has 0 aliphatic carbocycles. The van der Waals surface area contributed by atoms with E-state index in [1.807, 2.05) is 13.8 Å². The summed E-state index contributed by atoms with van der Waals surface area (Å²) < 4.78 is 21.7. The minimum Gasteiger partial charge on any atom is -0.496 e. The van der Waals surface area contributed by atoms with Gasteiger partial charge in [0, 0.05) is 30.9 Å². The van der Waals surface area contributed by atoms with E-state index < -0.39 is 11.6 Å². The molecule has 134 valence electrons. The lowest BCUT2D eigenvalue weighted by Gasteiger charge is -2.35. The highest BCUT2D eigenvalue weighted by molar-refractivity contribution is 5.93. The molecular weight excluding hydrogens is 310 g/mol. The van der Waals surface area contributed by atoms with E-state index in [0.717, 1.165) is 25.9 Å². The lowest BCUT2D eigenvalue weighted by Crippen LogP contribution is -2.86. The molecule has 6 nitrogen and oxygen atoms in total. The summed E-state index contributed by atoms with van der Waals surface area (Å²) in [5.74, 6) is 1.33. The largest absolute Gasteiger partial charge is 0.496 e. The van der Waals surface area contributed by atoms with Crippen LogP contribution < -0.4 is 19.5 Å². The van der Waals surface area contributed by atoms with Crippen molar-refractivity contribution in [2.24, 2.45) is 5.92 Å². The van der Waals surface area contributed by atoms with Gasteiger partial charge >= 0.3 is 5.97 Å². The molecule has 0 aromatic heterocycles. The highest BCUT2D eigenvalue weighted by Gasteiger charge is 2.36. The number of quaternary nitrogens is 1. The molecule has 1 aliphatic heterocycles. The monoisotopic (exact) mass is 338 g/mol. The molecule has 1 fully saturated rings. The smallest absolute Gasteiger partial charge is 0.342 e. The Bertz CT molecular complexity index is 579. The van der Waals surface area contributed by atoms with E-state index >= 15 is 0 Å². The standard InChI is InChI=1S/C18H27NO5/c1-18(2,12-6-8-19-9-7-12)24-17(20)13-10-15(22-4)16(23-5)11-14(13)21-3/h10-12,19H,6-9H2,1-5H3/p+1. The van der Waals surface area contributed by atoms with Crippen molar-refractivity contribution in [3.05, 3.63) is 17.7 Å². The van der Waals surface area contributed by atoms with E-state index in [1.165, 1.54) is 14.2 Å². The highest BCUT2D eigenvalue weighted by atomic mass is 16.6. The van der Waals surface area contributed by atoms with Crippen LogP contribution in [0, 0.1) is 5.92 Å². The van der Waals surface area contributed by atoms with Gasteiger partial charge in [0.2, 0.25) is 0 Å². The minimum atomic E-state index is -0.524. The zero-order valence-corrected chi connectivity index (χ0v) is 15.2. The number of hydrogen-bond acceptors (Lipinski definition) is 5. The Morgan fingerprint density at radius 2 is 1.54 bits per heavy atom. The molecule has 6 heteroatoms. The van der Waals surface area contributed by atoms with E-state index in [1.54, 1.807) is 19.2 Å². The van der Waals surface area contributed by atoms with Crippen molar-refractivity contribution in [3.8, 4) is 17.2 Å². The number of carbonyl (C=O) groups is 1. The summed E-state index contributed by atoms with van der Waals surface area (Å²) in [4.78, 5) is 12.7. The molecule has 2 rings (SSSR count). The summed E-state index contributed by atoms with van der Waals surface area (Å²) in [5, 5.41) is 2.30. The van der Waals surface area contributed by atoms with Gasteiger partial charge in [0.05, 0.1) is 34.4 Å². The highest BCUT2D eigenvalue weighted by Crippen LogP contribution is 2.36. The fourth-order valence-electron chi connectivity index (χ4n) is 3.19. The lowest BCUT2D eigenvalue weighted by atomic mass is 9.83. The number of nitrogens with two attached hydrogens (primary N) is 1. The van der Waals surface area contributed by atoms with Crippen molar-refractivity contribution < 1.29 is 29.1 Å². The second kappa shape index (κ2) is 7.75. The van der Waals surface area contributed by atoms with Crippen LogP contribution in [0.4, 0.5) is 0 Å². The van der Waals surface area contributed by atoms with Crippen LogP contribution in [0.3, 0.4) is 0 Å². The molecule has 1 aromatic rings. The molecule has 1 heterocycles. The maximum Gasteiger partial charge on any atom is 0.342 e. The molecular formula is C18H28NO5+. The first-order valence-electron chi connectivity index (χ1n) is 8.28. The van der Waals surface area contributed by atoms with Crippen LogP contribution in [-0.2, 0) is 4.74 Å². The Balaban J connectivity index is 2.24. The second-order valence-electron chi connectivity index (χ2n) is 6.54. The summed E-state index contributed by atoms with van der Waals surface area (Å²) in [6, 6.07) is 3.24. The van der Waals surface area contributed by atoms with E-state index in [9.17, 15) is 4.79 Å². The molecule has 1 saturated heterocycles. The molecule has 0 unspecified atom stereocenters. The number of esters is 1. The average Bonchev–Trinajstić information content (AvgIpc) is 2.60. The molecule has 0 spiro atoms. The van der Waals surface area contributed by atoms with Gasteiger partial charge in [-0.05, 0) is 13.8 Å². The number of ether oxygens (including phenoxy) is 4. The first-order valence-corrected chi connectivity index (χ1v) is 8.28. The topological polar surface area (TPSA) is 70.6 Å². The second-order valence-corrected chi connectivity index (χ2v) is 6.54. The Morgan fingerprint density at radius 1 is 1.00 bits per heavy atom. The number of methoxy groups -OCH3 is 3. The number of benzene rings is 1. The zero-order chi connectivity index (χ0) is 17.7. The van der Waals surface area contributed by atoms with Crippen molar-refractivity contribution >= 4 is 5.97 Å². The third-order valence-corrected chi connectivity index (χ3v) is 4.70. The van der Waals surface area contributed by atoms with Crippen LogP contribution in [0.25, 0.3) is 0 Å². The van der Waals surface area contributed by atoms with Gasteiger partial charge in [-0.1, -0.05) is 0 Å². The number of carbonyl (C=O) groups excluding carboxylic acids is 1. The van der Waals surface area contributed by atoms with Crippen molar-refractivity contribution in [1.82, 2.24) is 0 Å². The summed E-state index contributed by atoms with van der Waals surface area (Å²) >= 11 is 0. The number of hydrogen-bond donors (Lipinski definition) is 1. The zero-order valence-electron chi connectivity index (χ0n) is 15.2. The molecule has 1 aromatic carbocycles. The third-order valence-electron chi connectivity index (χ3n) is 4.70. The summed E-state index contributed by atoms with van der Waals surface area (Å²) in [7, 11) is 4.58. The Hall–Kier alpha value is -1.95. The fraction of sp³-hybridized carbons (Fsp3) is 0.611. The average molecular weight is 338 g/mol. The predicted molar refractivity (Wildman–Crippen MR) is 90.0 cm³/mol. The molecule has 0 saturated carbocycles. The van der Waals surface area contributed by atoms with Gasteiger partial charge in [-0.25, -0.2) is 4.79 Å². The maximum absolute atomic E-state index is 12.7. The van der Waals surface area contributed by atoms with E-state index in [4.69, 9.17) is 18.9 Å². The van der Waals surface area contributed by atoms with Gasteiger partial charge in [-0.3, -0.25) is 0 Å². The van der Waals surface area contributed by atoms with Gasteiger partial charge in [-0.2, -0.15) is 0 Å². The summed E-state index contributed by atoms with van der Waals surface area (Å²) in [5.41, 5.74) is -0.186. The quantitative estimate of drug-likeness (QED) is 0.798. The first kappa shape index (κ1) is 18.4. The SMILES string of the molecule is COc1cc(OC)c(C(=O)OC(C)(C)C2CC[NH2+]CC2)cc1OC. The van der Waals surface area contributed by atoms with Gasteiger partial charge in [0.15, 0.2) is 11.5 Å². The molecule has 0 amide bonds. The van der Waals surface area contributed by atoms with Crippen LogP contribution in [0.2, 0.25) is 0 Å². The molecule has 1 aliphatic rings. The van der Waals surface area contributed by atoms with Crippen LogP contribution >= 0.6 is 0 Å². The van der Waals surface area contributed by atoms with Crippen LogP contribution in [-0.4, -0.2) is 46.0 Å². The normalized spacial score (nSPS) is 15.7. The minimum absolute atomic E-state index is 0.339. The van der Waals surface area contributed by atoms with Crippen LogP contribution in [0.1, 0.15) is 37.0 Å².